The molecule has 7 rings (SSSR count). The molecule has 3 aliphatic rings. The first kappa shape index (κ1) is 43.9. The van der Waals surface area contributed by atoms with Gasteiger partial charge in [0.05, 0.1) is 53.3 Å². The summed E-state index contributed by atoms with van der Waals surface area (Å²) in [5, 5.41) is 19.7. The lowest BCUT2D eigenvalue weighted by Crippen LogP contribution is -2.52. The number of ether oxygens (including phenoxy) is 3. The Bertz CT molecular complexity index is 2450. The maximum Gasteiger partial charge on any atom is 0.255 e. The summed E-state index contributed by atoms with van der Waals surface area (Å²) in [6.45, 7) is 4.08. The number of amides is 5. The molecule has 0 saturated carbocycles. The van der Waals surface area contributed by atoms with Crippen LogP contribution < -0.4 is 30.2 Å². The van der Waals surface area contributed by atoms with Gasteiger partial charge < -0.3 is 34.6 Å². The number of piperidine rings is 1. The van der Waals surface area contributed by atoms with Gasteiger partial charge in [-0.1, -0.05) is 29.3 Å². The monoisotopic (exact) mass is 884 g/mol. The van der Waals surface area contributed by atoms with Gasteiger partial charge in [-0.25, -0.2) is 0 Å². The predicted octanol–water partition coefficient (Wildman–Crippen LogP) is 6.05. The van der Waals surface area contributed by atoms with E-state index >= 15 is 0 Å². The van der Waals surface area contributed by atoms with Crippen molar-refractivity contribution in [3.8, 4) is 23.3 Å². The minimum atomic E-state index is -0.737. The number of nitrogens with zero attached hydrogens (tertiary/aromatic N) is 5. The molecule has 0 aliphatic carbocycles. The zero-order chi connectivity index (χ0) is 43.9. The highest BCUT2D eigenvalue weighted by molar-refractivity contribution is 6.37. The van der Waals surface area contributed by atoms with Crippen LogP contribution in [0.15, 0.2) is 48.7 Å². The maximum atomic E-state index is 13.1. The van der Waals surface area contributed by atoms with Crippen LogP contribution in [0, 0.1) is 11.3 Å². The first-order valence-electron chi connectivity index (χ1n) is 20.4. The van der Waals surface area contributed by atoms with Crippen LogP contribution in [0.2, 0.25) is 10.0 Å². The number of carbonyl (C=O) groups excluding carboxylic acids is 5. The number of nitriles is 1. The fraction of sp³-hybridized carbons (Fsp3) is 0.386. The smallest absolute Gasteiger partial charge is 0.255 e. The number of rotatable bonds is 16. The van der Waals surface area contributed by atoms with E-state index in [1.807, 2.05) is 4.90 Å². The van der Waals surface area contributed by atoms with Crippen LogP contribution in [0.25, 0.3) is 10.9 Å². The lowest BCUT2D eigenvalue weighted by atomic mass is 10.0. The Labute approximate surface area is 368 Å². The zero-order valence-electron chi connectivity index (χ0n) is 34.4. The van der Waals surface area contributed by atoms with E-state index in [1.54, 1.807) is 49.6 Å². The molecule has 1 aromatic heterocycles. The van der Waals surface area contributed by atoms with Crippen molar-refractivity contribution < 1.29 is 38.2 Å². The van der Waals surface area contributed by atoms with Crippen LogP contribution in [0.4, 0.5) is 17.1 Å². The second-order valence-electron chi connectivity index (χ2n) is 15.2. The summed E-state index contributed by atoms with van der Waals surface area (Å²) < 4.78 is 17.2. The molecule has 324 valence electrons. The third-order valence-corrected chi connectivity index (χ3v) is 11.9. The van der Waals surface area contributed by atoms with Crippen LogP contribution >= 0.6 is 23.2 Å². The molecule has 0 radical (unpaired) electrons. The molecule has 2 saturated heterocycles. The number of hydrogen-bond donors (Lipinski definition) is 3. The van der Waals surface area contributed by atoms with Crippen molar-refractivity contribution in [1.82, 2.24) is 25.0 Å². The molecule has 1 atom stereocenters. The third-order valence-electron chi connectivity index (χ3n) is 11.3. The number of methoxy groups -OCH3 is 2. The number of aromatic nitrogens is 1. The molecule has 5 amide bonds. The molecule has 1 unspecified atom stereocenters. The van der Waals surface area contributed by atoms with Crippen molar-refractivity contribution >= 4 is 80.7 Å². The average molecular weight is 886 g/mol. The highest BCUT2D eigenvalue weighted by atomic mass is 35.5. The molecule has 3 aliphatic heterocycles. The average Bonchev–Trinajstić information content (AvgIpc) is 3.60. The standard InChI is InChI=1S/C44H46Cl2N8O8/c1-60-36-22-34(30(45)20-31(36)46)50-42-26(23-47)24-48-33-21-38(37(61-2)19-28(33)42)62-18-6-13-52-14-16-53(17-15-52)41(57)10-4-3-9-39(55)49-32-8-5-7-27-29(32)25-54(44(27)59)35-11-12-40(56)51-43(35)58/h5,7-8,19-22,24,35H,3-4,6,9-18,25H2,1-2H3,(H,48,50)(H,49,55)(H,51,56,58). The number of carbonyl (C=O) groups is 5. The first-order valence-corrected chi connectivity index (χ1v) is 21.1. The summed E-state index contributed by atoms with van der Waals surface area (Å²) >= 11 is 12.7. The number of nitrogens with one attached hydrogen (secondary N) is 3. The molecule has 0 spiro atoms. The van der Waals surface area contributed by atoms with Crippen LogP contribution in [0.1, 0.15) is 66.4 Å². The molecular formula is C44H46Cl2N8O8. The number of anilines is 3. The molecule has 2 fully saturated rings. The lowest BCUT2D eigenvalue weighted by Gasteiger charge is -2.34. The number of benzene rings is 3. The van der Waals surface area contributed by atoms with E-state index in [0.29, 0.717) is 111 Å². The Morgan fingerprint density at radius 2 is 1.71 bits per heavy atom. The number of unbranched alkanes of at least 4 members (excludes halogenated alkanes) is 1. The fourth-order valence-corrected chi connectivity index (χ4v) is 8.44. The van der Waals surface area contributed by atoms with E-state index in [9.17, 15) is 29.2 Å². The van der Waals surface area contributed by atoms with Crippen molar-refractivity contribution in [2.45, 2.75) is 57.5 Å². The molecule has 0 bridgehead atoms. The molecule has 3 aromatic carbocycles. The van der Waals surface area contributed by atoms with Gasteiger partial charge in [-0.3, -0.25) is 39.2 Å². The quantitative estimate of drug-likeness (QED) is 0.0873. The second kappa shape index (κ2) is 19.7. The fourth-order valence-electron chi connectivity index (χ4n) is 7.93. The number of hydrogen-bond acceptors (Lipinski definition) is 12. The van der Waals surface area contributed by atoms with Gasteiger partial charge in [0.25, 0.3) is 5.91 Å². The minimum absolute atomic E-state index is 0.0644. The molecule has 4 heterocycles. The van der Waals surface area contributed by atoms with E-state index in [2.05, 4.69) is 31.9 Å². The van der Waals surface area contributed by atoms with Gasteiger partial charge in [-0.2, -0.15) is 5.26 Å². The van der Waals surface area contributed by atoms with E-state index in [0.717, 1.165) is 26.1 Å². The molecule has 16 nitrogen and oxygen atoms in total. The minimum Gasteiger partial charge on any atom is -0.495 e. The highest BCUT2D eigenvalue weighted by Gasteiger charge is 2.40. The number of imide groups is 1. The summed E-state index contributed by atoms with van der Waals surface area (Å²) in [6.07, 6.45) is 4.30. The Kier molecular flexibility index (Phi) is 14.0. The summed E-state index contributed by atoms with van der Waals surface area (Å²) in [4.78, 5) is 73.2. The van der Waals surface area contributed by atoms with Crippen molar-refractivity contribution in [3.05, 3.63) is 75.4 Å². The number of halogens is 2. The summed E-state index contributed by atoms with van der Waals surface area (Å²) in [5.74, 6) is 0.113. The molecule has 18 heteroatoms. The number of fused-ring (bicyclic) bond motifs is 2. The van der Waals surface area contributed by atoms with Gasteiger partial charge in [-0.05, 0) is 49.9 Å². The first-order chi connectivity index (χ1) is 30.0. The van der Waals surface area contributed by atoms with Gasteiger partial charge in [0.15, 0.2) is 11.5 Å². The summed E-state index contributed by atoms with van der Waals surface area (Å²) in [5.41, 5.74) is 3.46. The van der Waals surface area contributed by atoms with Crippen LogP contribution in [-0.2, 0) is 25.7 Å². The van der Waals surface area contributed by atoms with Crippen molar-refractivity contribution in [3.63, 3.8) is 0 Å². The molecule has 62 heavy (non-hydrogen) atoms. The van der Waals surface area contributed by atoms with Gasteiger partial charge in [0, 0.05) is 99.1 Å². The van der Waals surface area contributed by atoms with Crippen LogP contribution in [0.5, 0.6) is 17.2 Å². The number of pyridine rings is 1. The molecule has 4 aromatic rings. The SMILES string of the molecule is COc1cc(Nc2c(C#N)cnc3cc(OCCCN4CCN(C(=O)CCCCC(=O)Nc5cccc6c5CN(C5CCC(=O)NC5=O)C6=O)CC4)c(OC)cc23)c(Cl)cc1Cl. The molecule has 3 N–H and O–H groups in total. The summed E-state index contributed by atoms with van der Waals surface area (Å²) in [7, 11) is 3.05. The highest BCUT2D eigenvalue weighted by Crippen LogP contribution is 2.41. The van der Waals surface area contributed by atoms with Crippen molar-refractivity contribution in [2.75, 3.05) is 64.2 Å². The Morgan fingerprint density at radius 3 is 2.45 bits per heavy atom. The van der Waals surface area contributed by atoms with Gasteiger partial charge in [-0.15, -0.1) is 0 Å². The summed E-state index contributed by atoms with van der Waals surface area (Å²) in [6, 6.07) is 13.3. The number of piperazine rings is 1. The maximum absolute atomic E-state index is 13.1. The topological polar surface area (TPSA) is 196 Å². The van der Waals surface area contributed by atoms with E-state index in [1.165, 1.54) is 18.2 Å². The second-order valence-corrected chi connectivity index (χ2v) is 16.0. The zero-order valence-corrected chi connectivity index (χ0v) is 35.9. The normalized spacial score (nSPS) is 16.4. The Balaban J connectivity index is 0.828. The Hall–Kier alpha value is -6.15. The van der Waals surface area contributed by atoms with Gasteiger partial charge in [0.1, 0.15) is 17.9 Å². The third kappa shape index (κ3) is 9.81. The molecular weight excluding hydrogens is 839 g/mol. The van der Waals surface area contributed by atoms with E-state index < -0.39 is 11.9 Å². The van der Waals surface area contributed by atoms with E-state index in [4.69, 9.17) is 37.4 Å². The predicted molar refractivity (Wildman–Crippen MR) is 232 cm³/mol. The van der Waals surface area contributed by atoms with E-state index in [-0.39, 0.29) is 49.4 Å². The van der Waals surface area contributed by atoms with Crippen LogP contribution in [0.3, 0.4) is 0 Å². The van der Waals surface area contributed by atoms with Gasteiger partial charge >= 0.3 is 0 Å². The Morgan fingerprint density at radius 1 is 0.935 bits per heavy atom. The van der Waals surface area contributed by atoms with Gasteiger partial charge in [0.2, 0.25) is 23.6 Å². The largest absolute Gasteiger partial charge is 0.495 e. The lowest BCUT2D eigenvalue weighted by molar-refractivity contribution is -0.137. The van der Waals surface area contributed by atoms with Crippen molar-refractivity contribution in [1.29, 1.82) is 5.26 Å². The van der Waals surface area contributed by atoms with Crippen LogP contribution in [-0.4, -0.2) is 109 Å². The van der Waals surface area contributed by atoms with Crippen molar-refractivity contribution in [2.24, 2.45) is 0 Å².